The molecule has 15 rings (SSSR count). The van der Waals surface area contributed by atoms with Crippen LogP contribution < -0.4 is 0 Å². The van der Waals surface area contributed by atoms with Gasteiger partial charge in [0, 0.05) is 22.1 Å². The van der Waals surface area contributed by atoms with Crippen LogP contribution in [0.2, 0.25) is 0 Å². The van der Waals surface area contributed by atoms with Crippen molar-refractivity contribution in [3.05, 3.63) is 187 Å². The fourth-order valence-electron chi connectivity index (χ4n) is 13.5. The van der Waals surface area contributed by atoms with E-state index in [2.05, 4.69) is 127 Å². The molecular weight excluding hydrogens is 815 g/mol. The second kappa shape index (κ2) is 13.7. The summed E-state index contributed by atoms with van der Waals surface area (Å²) in [5.74, 6) is 4.22. The minimum Gasteiger partial charge on any atom is -0.218 e. The minimum absolute atomic E-state index is 0.270. The highest BCUT2D eigenvalue weighted by Gasteiger charge is 2.62. The van der Waals surface area contributed by atoms with Crippen molar-refractivity contribution in [3.8, 4) is 45.3 Å². The standard InChI is InChI=1S/C59H43N3O2S/c63-65(64)54-21-11-10-20-52(54)59(40-29-35-28-36(31-40)32-41(59)30-35)53-27-23-38(34-55(53)65)42-25-26-50(47-18-8-4-14-43(42)47)58-61-56(37-12-2-1-3-13-37)60-57(62-58)39-22-24-49-46-17-6-5-15-44(46)45-16-7-9-19-48(45)51(49)33-39/h1-27,33-36,40-41H,28-32H2. The number of rotatable bonds is 4. The molecule has 0 amide bonds. The molecule has 4 aliphatic carbocycles. The van der Waals surface area contributed by atoms with Gasteiger partial charge in [-0.3, -0.25) is 0 Å². The fourth-order valence-corrected chi connectivity index (χ4v) is 15.3. The van der Waals surface area contributed by atoms with E-state index in [-0.39, 0.29) is 5.41 Å². The summed E-state index contributed by atoms with van der Waals surface area (Å²) in [5, 5.41) is 9.20. The van der Waals surface area contributed by atoms with Crippen LogP contribution in [0, 0.1) is 23.7 Å². The van der Waals surface area contributed by atoms with Gasteiger partial charge in [0.2, 0.25) is 9.84 Å². The van der Waals surface area contributed by atoms with Gasteiger partial charge in [0.25, 0.3) is 0 Å². The van der Waals surface area contributed by atoms with E-state index in [1.165, 1.54) is 59.0 Å². The van der Waals surface area contributed by atoms with Gasteiger partial charge in [-0.2, -0.15) is 0 Å². The Hall–Kier alpha value is -7.02. The first-order valence-electron chi connectivity index (χ1n) is 23.1. The molecule has 2 heterocycles. The Kier molecular flexibility index (Phi) is 7.90. The summed E-state index contributed by atoms with van der Waals surface area (Å²) >= 11 is 0. The van der Waals surface area contributed by atoms with E-state index in [0.717, 1.165) is 66.9 Å². The zero-order valence-corrected chi connectivity index (χ0v) is 36.5. The quantitative estimate of drug-likeness (QED) is 0.165. The van der Waals surface area contributed by atoms with Crippen molar-refractivity contribution in [1.82, 2.24) is 15.0 Å². The van der Waals surface area contributed by atoms with Crippen molar-refractivity contribution in [2.75, 3.05) is 0 Å². The molecule has 0 N–H and O–H groups in total. The van der Waals surface area contributed by atoms with Gasteiger partial charge in [-0.25, -0.2) is 23.4 Å². The summed E-state index contributed by atoms with van der Waals surface area (Å²) in [6, 6.07) is 60.9. The van der Waals surface area contributed by atoms with Gasteiger partial charge in [-0.15, -0.1) is 0 Å². The van der Waals surface area contributed by atoms with E-state index in [4.69, 9.17) is 15.0 Å². The van der Waals surface area contributed by atoms with E-state index < -0.39 is 9.84 Å². The SMILES string of the molecule is O=S1(=O)c2ccccc2C2(c3ccc(-c4ccc(-c5nc(-c6ccccc6)nc(-c6ccc7c8ccccc8c8ccccc8c7c6)n5)c5ccccc45)cc31)C1CC3CC(C1)CC2C3. The molecule has 4 fully saturated rings. The molecule has 1 aromatic heterocycles. The van der Waals surface area contributed by atoms with Gasteiger partial charge >= 0.3 is 0 Å². The average molecular weight is 858 g/mol. The lowest BCUT2D eigenvalue weighted by Gasteiger charge is -2.63. The molecule has 5 nitrogen and oxygen atoms in total. The molecule has 1 aliphatic heterocycles. The van der Waals surface area contributed by atoms with Gasteiger partial charge in [0.05, 0.1) is 9.79 Å². The number of hydrogen-bond acceptors (Lipinski definition) is 5. The number of fused-ring (bicyclic) bond motifs is 9. The predicted molar refractivity (Wildman–Crippen MR) is 261 cm³/mol. The Balaban J connectivity index is 0.939. The summed E-state index contributed by atoms with van der Waals surface area (Å²) in [6.45, 7) is 0. The maximum absolute atomic E-state index is 14.9. The van der Waals surface area contributed by atoms with E-state index in [9.17, 15) is 8.42 Å². The molecule has 4 bridgehead atoms. The van der Waals surface area contributed by atoms with Crippen LogP contribution in [0.3, 0.4) is 0 Å². The lowest BCUT2D eigenvalue weighted by atomic mass is 9.42. The predicted octanol–water partition coefficient (Wildman–Crippen LogP) is 14.0. The number of sulfone groups is 1. The largest absolute Gasteiger partial charge is 0.218 e. The second-order valence-electron chi connectivity index (χ2n) is 19.1. The molecule has 9 aromatic carbocycles. The maximum atomic E-state index is 14.9. The highest BCUT2D eigenvalue weighted by molar-refractivity contribution is 7.91. The Labute approximate surface area is 377 Å². The summed E-state index contributed by atoms with van der Waals surface area (Å²) < 4.78 is 29.7. The van der Waals surface area contributed by atoms with Crippen molar-refractivity contribution in [3.63, 3.8) is 0 Å². The smallest absolute Gasteiger partial charge is 0.207 e. The van der Waals surface area contributed by atoms with Crippen molar-refractivity contribution >= 4 is 52.9 Å². The molecule has 0 saturated heterocycles. The summed E-state index contributed by atoms with van der Waals surface area (Å²) in [6.07, 6.45) is 6.10. The van der Waals surface area contributed by atoms with Gasteiger partial charge in [0.15, 0.2) is 17.5 Å². The van der Waals surface area contributed by atoms with Crippen LogP contribution in [0.5, 0.6) is 0 Å². The molecule has 0 unspecified atom stereocenters. The molecule has 0 radical (unpaired) electrons. The summed E-state index contributed by atoms with van der Waals surface area (Å²) in [4.78, 5) is 16.6. The van der Waals surface area contributed by atoms with Crippen LogP contribution >= 0.6 is 0 Å². The first-order valence-corrected chi connectivity index (χ1v) is 24.6. The van der Waals surface area contributed by atoms with Crippen LogP contribution in [0.4, 0.5) is 0 Å². The molecular formula is C59H43N3O2S. The van der Waals surface area contributed by atoms with Crippen LogP contribution in [0.15, 0.2) is 186 Å². The Morgan fingerprint density at radius 2 is 0.862 bits per heavy atom. The normalized spacial score (nSPS) is 22.5. The van der Waals surface area contributed by atoms with Gasteiger partial charge < -0.3 is 0 Å². The number of hydrogen-bond donors (Lipinski definition) is 0. The van der Waals surface area contributed by atoms with Crippen molar-refractivity contribution in [2.24, 2.45) is 23.7 Å². The Morgan fingerprint density at radius 1 is 0.369 bits per heavy atom. The zero-order valence-electron chi connectivity index (χ0n) is 35.7. The molecule has 6 heteroatoms. The fraction of sp³-hybridized carbons (Fsp3) is 0.169. The Morgan fingerprint density at radius 3 is 1.54 bits per heavy atom. The van der Waals surface area contributed by atoms with E-state index >= 15 is 0 Å². The lowest BCUT2D eigenvalue weighted by Crippen LogP contribution is -2.57. The monoisotopic (exact) mass is 857 g/mol. The third kappa shape index (κ3) is 5.32. The van der Waals surface area contributed by atoms with E-state index in [1.807, 2.05) is 48.5 Å². The highest BCUT2D eigenvalue weighted by atomic mass is 32.2. The molecule has 10 aromatic rings. The number of nitrogens with zero attached hydrogens (tertiary/aromatic N) is 3. The maximum Gasteiger partial charge on any atom is 0.207 e. The molecule has 5 aliphatic rings. The van der Waals surface area contributed by atoms with Crippen LogP contribution in [-0.2, 0) is 15.3 Å². The van der Waals surface area contributed by atoms with E-state index in [1.54, 1.807) is 0 Å². The Bertz CT molecular complexity index is 3710. The zero-order chi connectivity index (χ0) is 43.0. The molecule has 312 valence electrons. The van der Waals surface area contributed by atoms with E-state index in [0.29, 0.717) is 39.1 Å². The average Bonchev–Trinajstić information content (AvgIpc) is 3.36. The van der Waals surface area contributed by atoms with Gasteiger partial charge in [0.1, 0.15) is 0 Å². The lowest BCUT2D eigenvalue weighted by molar-refractivity contribution is -0.0446. The summed E-state index contributed by atoms with van der Waals surface area (Å²) in [7, 11) is -3.77. The minimum atomic E-state index is -3.77. The van der Waals surface area contributed by atoms with Crippen LogP contribution in [0.1, 0.15) is 43.2 Å². The second-order valence-corrected chi connectivity index (χ2v) is 21.0. The van der Waals surface area contributed by atoms with Crippen LogP contribution in [0.25, 0.3) is 88.4 Å². The van der Waals surface area contributed by atoms with Gasteiger partial charge in [-0.05, 0) is 145 Å². The third-order valence-corrected chi connectivity index (χ3v) is 17.8. The molecule has 1 spiro atoms. The van der Waals surface area contributed by atoms with Gasteiger partial charge in [-0.1, -0.05) is 152 Å². The topological polar surface area (TPSA) is 72.8 Å². The third-order valence-electron chi connectivity index (χ3n) is 15.9. The van der Waals surface area contributed by atoms with Crippen molar-refractivity contribution in [1.29, 1.82) is 0 Å². The van der Waals surface area contributed by atoms with Crippen molar-refractivity contribution in [2.45, 2.75) is 47.3 Å². The number of benzene rings is 9. The first-order chi connectivity index (χ1) is 31.9. The highest BCUT2D eigenvalue weighted by Crippen LogP contribution is 2.68. The molecule has 65 heavy (non-hydrogen) atoms. The molecule has 4 saturated carbocycles. The first kappa shape index (κ1) is 37.4. The summed E-state index contributed by atoms with van der Waals surface area (Å²) in [5.41, 5.74) is 6.37. The van der Waals surface area contributed by atoms with Crippen molar-refractivity contribution < 1.29 is 8.42 Å². The molecule has 0 atom stereocenters. The number of aromatic nitrogens is 3. The van der Waals surface area contributed by atoms with Crippen LogP contribution in [-0.4, -0.2) is 23.4 Å².